The fourth-order valence-corrected chi connectivity index (χ4v) is 3.05. The van der Waals surface area contributed by atoms with E-state index >= 15 is 0 Å². The van der Waals surface area contributed by atoms with Crippen LogP contribution in [0.15, 0.2) is 18.2 Å². The van der Waals surface area contributed by atoms with E-state index in [1.807, 2.05) is 6.07 Å². The molecule has 2 rings (SSSR count). The summed E-state index contributed by atoms with van der Waals surface area (Å²) in [5.41, 5.74) is 8.57. The zero-order valence-electron chi connectivity index (χ0n) is 8.01. The Hall–Kier alpha value is -0.540. The molecule has 0 spiro atoms. The van der Waals surface area contributed by atoms with Gasteiger partial charge in [0.2, 0.25) is 0 Å². The number of hydrogen-bond acceptors (Lipinski definition) is 2. The van der Waals surface area contributed by atoms with Gasteiger partial charge in [0, 0.05) is 10.0 Å². The maximum atomic E-state index is 5.78. The molecule has 0 aliphatic carbocycles. The van der Waals surface area contributed by atoms with E-state index < -0.39 is 0 Å². The number of nitrogen functional groups attached to an aromatic ring is 1. The maximum absolute atomic E-state index is 5.78. The minimum Gasteiger partial charge on any atom is -0.391 e. The Balaban J connectivity index is 2.68. The number of alkyl halides is 1. The molecule has 74 valence electrons. The van der Waals surface area contributed by atoms with Gasteiger partial charge < -0.3 is 5.73 Å². The highest BCUT2D eigenvalue weighted by molar-refractivity contribution is 9.08. The molecule has 0 radical (unpaired) electrons. The number of halogens is 1. The minimum absolute atomic E-state index is 0.897. The number of rotatable bonds is 2. The summed E-state index contributed by atoms with van der Waals surface area (Å²) in [6, 6.07) is 6.54. The third kappa shape index (κ3) is 1.66. The van der Waals surface area contributed by atoms with Crippen molar-refractivity contribution in [3.63, 3.8) is 0 Å². The zero-order valence-corrected chi connectivity index (χ0v) is 10.4. The van der Waals surface area contributed by atoms with E-state index in [0.717, 1.165) is 16.8 Å². The molecule has 1 aromatic carbocycles. The Kier molecular flexibility index (Phi) is 2.79. The molecule has 1 aromatic heterocycles. The molecule has 2 aromatic rings. The SMILES string of the molecule is CCc1cc2sc(N)cc2cc1CBr. The first-order chi connectivity index (χ1) is 6.74. The molecule has 1 heterocycles. The summed E-state index contributed by atoms with van der Waals surface area (Å²) in [5, 5.41) is 3.08. The lowest BCUT2D eigenvalue weighted by Gasteiger charge is -2.04. The number of anilines is 1. The fraction of sp³-hybridized carbons (Fsp3) is 0.273. The van der Waals surface area contributed by atoms with Gasteiger partial charge in [-0.2, -0.15) is 0 Å². The number of hydrogen-bond donors (Lipinski definition) is 1. The summed E-state index contributed by atoms with van der Waals surface area (Å²) in [4.78, 5) is 0. The largest absolute Gasteiger partial charge is 0.391 e. The van der Waals surface area contributed by atoms with E-state index in [4.69, 9.17) is 5.73 Å². The minimum atomic E-state index is 0.897. The Bertz CT molecular complexity index is 421. The Morgan fingerprint density at radius 1 is 1.29 bits per heavy atom. The number of benzene rings is 1. The molecule has 0 aliphatic rings. The lowest BCUT2D eigenvalue weighted by molar-refractivity contribution is 1.11. The quantitative estimate of drug-likeness (QED) is 0.822. The Labute approximate surface area is 96.1 Å². The van der Waals surface area contributed by atoms with Crippen LogP contribution in [-0.4, -0.2) is 0 Å². The van der Waals surface area contributed by atoms with Gasteiger partial charge in [0.1, 0.15) is 0 Å². The van der Waals surface area contributed by atoms with E-state index in [1.165, 1.54) is 21.2 Å². The topological polar surface area (TPSA) is 26.0 Å². The molecule has 14 heavy (non-hydrogen) atoms. The molecule has 0 amide bonds. The first-order valence-corrected chi connectivity index (χ1v) is 6.55. The highest BCUT2D eigenvalue weighted by Crippen LogP contribution is 2.31. The Morgan fingerprint density at radius 2 is 2.07 bits per heavy atom. The second kappa shape index (κ2) is 3.91. The lowest BCUT2D eigenvalue weighted by atomic mass is 10.0. The van der Waals surface area contributed by atoms with E-state index in [2.05, 4.69) is 35.0 Å². The molecule has 0 saturated heterocycles. The van der Waals surface area contributed by atoms with Gasteiger partial charge in [0.05, 0.1) is 5.00 Å². The molecule has 0 atom stereocenters. The molecule has 0 unspecified atom stereocenters. The van der Waals surface area contributed by atoms with Gasteiger partial charge in [-0.05, 0) is 41.1 Å². The first kappa shape index (κ1) is 9.99. The van der Waals surface area contributed by atoms with Crippen LogP contribution in [0.4, 0.5) is 5.00 Å². The van der Waals surface area contributed by atoms with Crippen LogP contribution < -0.4 is 5.73 Å². The monoisotopic (exact) mass is 269 g/mol. The van der Waals surface area contributed by atoms with E-state index in [9.17, 15) is 0 Å². The predicted octanol–water partition coefficient (Wildman–Crippen LogP) is 3.94. The zero-order chi connectivity index (χ0) is 10.1. The number of nitrogens with two attached hydrogens (primary N) is 1. The lowest BCUT2D eigenvalue weighted by Crippen LogP contribution is -1.87. The van der Waals surface area contributed by atoms with Crippen molar-refractivity contribution in [2.75, 3.05) is 5.73 Å². The van der Waals surface area contributed by atoms with Crippen LogP contribution in [0.25, 0.3) is 10.1 Å². The molecular formula is C11H12BrNS. The van der Waals surface area contributed by atoms with Crippen molar-refractivity contribution in [2.24, 2.45) is 0 Å². The van der Waals surface area contributed by atoms with E-state index in [-0.39, 0.29) is 0 Å². The van der Waals surface area contributed by atoms with Crippen molar-refractivity contribution >= 4 is 42.4 Å². The van der Waals surface area contributed by atoms with E-state index in [0.29, 0.717) is 0 Å². The fourth-order valence-electron chi connectivity index (χ4n) is 1.65. The van der Waals surface area contributed by atoms with Gasteiger partial charge in [-0.15, -0.1) is 11.3 Å². The van der Waals surface area contributed by atoms with Gasteiger partial charge in [0.15, 0.2) is 0 Å². The van der Waals surface area contributed by atoms with Gasteiger partial charge in [-0.1, -0.05) is 22.9 Å². The highest BCUT2D eigenvalue weighted by Gasteiger charge is 2.05. The highest BCUT2D eigenvalue weighted by atomic mass is 79.9. The summed E-state index contributed by atoms with van der Waals surface area (Å²) in [5.74, 6) is 0. The van der Waals surface area contributed by atoms with Crippen molar-refractivity contribution in [3.8, 4) is 0 Å². The molecule has 2 N–H and O–H groups in total. The normalized spacial score (nSPS) is 11.0. The smallest absolute Gasteiger partial charge is 0.0868 e. The van der Waals surface area contributed by atoms with Crippen molar-refractivity contribution in [3.05, 3.63) is 29.3 Å². The first-order valence-electron chi connectivity index (χ1n) is 4.61. The van der Waals surface area contributed by atoms with Crippen molar-refractivity contribution in [1.29, 1.82) is 0 Å². The average Bonchev–Trinajstić information content (AvgIpc) is 2.54. The summed E-state index contributed by atoms with van der Waals surface area (Å²) in [6.45, 7) is 2.18. The molecule has 0 bridgehead atoms. The number of aryl methyl sites for hydroxylation is 1. The van der Waals surface area contributed by atoms with E-state index in [1.54, 1.807) is 11.3 Å². The van der Waals surface area contributed by atoms with Crippen molar-refractivity contribution in [2.45, 2.75) is 18.7 Å². The third-order valence-electron chi connectivity index (χ3n) is 2.38. The molecule has 0 aliphatic heterocycles. The summed E-state index contributed by atoms with van der Waals surface area (Å²) in [6.07, 6.45) is 1.08. The molecule has 1 nitrogen and oxygen atoms in total. The second-order valence-electron chi connectivity index (χ2n) is 3.29. The summed E-state index contributed by atoms with van der Waals surface area (Å²) >= 11 is 5.18. The predicted molar refractivity (Wildman–Crippen MR) is 68.2 cm³/mol. The van der Waals surface area contributed by atoms with Crippen molar-refractivity contribution in [1.82, 2.24) is 0 Å². The van der Waals surface area contributed by atoms with Crippen LogP contribution in [0, 0.1) is 0 Å². The van der Waals surface area contributed by atoms with Gasteiger partial charge in [-0.25, -0.2) is 0 Å². The van der Waals surface area contributed by atoms with Gasteiger partial charge in [-0.3, -0.25) is 0 Å². The molecule has 3 heteroatoms. The standard InChI is InChI=1S/C11H12BrNS/c1-2-7-4-10-8(3-9(7)6-12)5-11(13)14-10/h3-5H,2,6,13H2,1H3. The van der Waals surface area contributed by atoms with Gasteiger partial charge in [0.25, 0.3) is 0 Å². The van der Waals surface area contributed by atoms with Gasteiger partial charge >= 0.3 is 0 Å². The molecule has 0 saturated carbocycles. The molecular weight excluding hydrogens is 258 g/mol. The summed E-state index contributed by atoms with van der Waals surface area (Å²) in [7, 11) is 0. The van der Waals surface area contributed by atoms with Crippen LogP contribution in [0.5, 0.6) is 0 Å². The average molecular weight is 270 g/mol. The van der Waals surface area contributed by atoms with Crippen LogP contribution in [0.3, 0.4) is 0 Å². The Morgan fingerprint density at radius 3 is 2.71 bits per heavy atom. The number of fused-ring (bicyclic) bond motifs is 1. The van der Waals surface area contributed by atoms with Crippen LogP contribution in [-0.2, 0) is 11.8 Å². The van der Waals surface area contributed by atoms with Crippen LogP contribution in [0.2, 0.25) is 0 Å². The molecule has 0 fully saturated rings. The third-order valence-corrected chi connectivity index (χ3v) is 3.91. The van der Waals surface area contributed by atoms with Crippen LogP contribution >= 0.6 is 27.3 Å². The number of thiophene rings is 1. The second-order valence-corrected chi connectivity index (χ2v) is 4.97. The van der Waals surface area contributed by atoms with Crippen LogP contribution in [0.1, 0.15) is 18.1 Å². The van der Waals surface area contributed by atoms with Crippen molar-refractivity contribution < 1.29 is 0 Å². The maximum Gasteiger partial charge on any atom is 0.0868 e. The summed E-state index contributed by atoms with van der Waals surface area (Å²) < 4.78 is 1.30.